The maximum absolute atomic E-state index is 14.0. The average Bonchev–Trinajstić information content (AvgIpc) is 3.81. The number of fused-ring (bicyclic) bond motifs is 1. The molecule has 2 aromatic heterocycles. The Balaban J connectivity index is 1.78. The number of thioether (sulfide) groups is 2. The molecule has 1 fully saturated rings. The van der Waals surface area contributed by atoms with Crippen LogP contribution < -0.4 is 30.5 Å². The van der Waals surface area contributed by atoms with Gasteiger partial charge in [-0.25, -0.2) is 0 Å². The molecule has 0 radical (unpaired) electrons. The van der Waals surface area contributed by atoms with Gasteiger partial charge in [-0.15, -0.1) is 22.7 Å². The Morgan fingerprint density at radius 1 is 0.895 bits per heavy atom. The summed E-state index contributed by atoms with van der Waals surface area (Å²) in [5, 5.41) is 41.7. The lowest BCUT2D eigenvalue weighted by Crippen LogP contribution is -2.44. The number of benzene rings is 1. The fourth-order valence-electron chi connectivity index (χ4n) is 5.35. The van der Waals surface area contributed by atoms with Crippen molar-refractivity contribution in [1.82, 2.24) is 19.4 Å². The van der Waals surface area contributed by atoms with E-state index in [0.29, 0.717) is 47.8 Å². The predicted octanol–water partition coefficient (Wildman–Crippen LogP) is -1.51. The minimum atomic E-state index is -4.70. The standard InChI is InChI=1S/C30H25N7O14S6/c1-15(8-19-34(9-18(38)33-14-57(49,50)51)16-4-2-3-5-17(16)52-19)22-25(43)35(10-20(39)40)28(53-22)23-26(44)36(11-21(41)42)29(54-23)24-27(45)37(6-7-56(46,47)48)30(12-31,13-32)55-24/h2-5,8H,6-7,9-11,14H2,1H3,(H,33,38)(H,39,40)(H,41,42)(H,46,47,48)(H,49,50,51)/b19-8?,22-15?,28-23+,29-24+. The summed E-state index contributed by atoms with van der Waals surface area (Å²) >= 11 is 2.56. The second-order valence-corrected chi connectivity index (χ2v) is 19.0. The highest BCUT2D eigenvalue weighted by Crippen LogP contribution is 2.46. The Morgan fingerprint density at radius 3 is 2.09 bits per heavy atom. The van der Waals surface area contributed by atoms with Crippen molar-refractivity contribution in [2.45, 2.75) is 29.8 Å². The van der Waals surface area contributed by atoms with Gasteiger partial charge < -0.3 is 20.4 Å². The number of hydrogen-bond donors (Lipinski definition) is 5. The lowest BCUT2D eigenvalue weighted by molar-refractivity contribution is -0.138. The number of thiazole rings is 2. The third-order valence-corrected chi connectivity index (χ3v) is 14.1. The highest BCUT2D eigenvalue weighted by Gasteiger charge is 2.52. The molecule has 1 saturated heterocycles. The van der Waals surface area contributed by atoms with Crippen LogP contribution in [0.4, 0.5) is 5.69 Å². The summed E-state index contributed by atoms with van der Waals surface area (Å²) in [4.78, 5) is 77.9. The molecule has 300 valence electrons. The molecule has 0 aliphatic carbocycles. The number of nitrogens with zero attached hydrogens (tertiary/aromatic N) is 6. The second-order valence-electron chi connectivity index (χ2n) is 11.7. The van der Waals surface area contributed by atoms with Crippen LogP contribution in [-0.4, -0.2) is 104 Å². The summed E-state index contributed by atoms with van der Waals surface area (Å²) in [7, 11) is -9.24. The van der Waals surface area contributed by atoms with Crippen molar-refractivity contribution in [1.29, 1.82) is 10.5 Å². The van der Waals surface area contributed by atoms with Gasteiger partial charge in [-0.3, -0.25) is 51.9 Å². The van der Waals surface area contributed by atoms with Crippen molar-refractivity contribution in [2.75, 3.05) is 29.6 Å². The number of hydrogen-bond acceptors (Lipinski definition) is 17. The predicted molar refractivity (Wildman–Crippen MR) is 204 cm³/mol. The molecule has 2 amide bonds. The van der Waals surface area contributed by atoms with Crippen molar-refractivity contribution in [3.05, 3.63) is 74.5 Å². The molecule has 27 heteroatoms. The van der Waals surface area contributed by atoms with Gasteiger partial charge in [-0.2, -0.15) is 27.4 Å². The van der Waals surface area contributed by atoms with Gasteiger partial charge in [0, 0.05) is 11.4 Å². The average molecular weight is 900 g/mol. The molecule has 0 bridgehead atoms. The molecule has 0 unspecified atom stereocenters. The minimum Gasteiger partial charge on any atom is -0.480 e. The van der Waals surface area contributed by atoms with Crippen molar-refractivity contribution >= 4 is 106 Å². The van der Waals surface area contributed by atoms with Crippen LogP contribution in [0.5, 0.6) is 0 Å². The van der Waals surface area contributed by atoms with E-state index in [9.17, 15) is 70.9 Å². The third-order valence-electron chi connectivity index (χ3n) is 7.78. The molecule has 0 atom stereocenters. The lowest BCUT2D eigenvalue weighted by Gasteiger charge is -2.23. The van der Waals surface area contributed by atoms with E-state index in [1.165, 1.54) is 29.7 Å². The van der Waals surface area contributed by atoms with E-state index >= 15 is 0 Å². The molecule has 2 aliphatic heterocycles. The van der Waals surface area contributed by atoms with Gasteiger partial charge in [0.25, 0.3) is 42.1 Å². The van der Waals surface area contributed by atoms with Crippen molar-refractivity contribution in [3.8, 4) is 12.1 Å². The number of carboxylic acid groups (broad SMARTS) is 2. The molecule has 1 aromatic carbocycles. The Labute approximate surface area is 335 Å². The van der Waals surface area contributed by atoms with Crippen molar-refractivity contribution in [3.63, 3.8) is 0 Å². The zero-order valence-electron chi connectivity index (χ0n) is 28.6. The van der Waals surface area contributed by atoms with E-state index in [4.69, 9.17) is 4.55 Å². The first kappa shape index (κ1) is 42.9. The van der Waals surface area contributed by atoms with E-state index in [-0.39, 0.29) is 26.5 Å². The molecule has 3 aromatic rings. The van der Waals surface area contributed by atoms with Crippen LogP contribution in [0.2, 0.25) is 0 Å². The monoisotopic (exact) mass is 899 g/mol. The number of aliphatic carboxylic acids is 2. The zero-order chi connectivity index (χ0) is 42.2. The second kappa shape index (κ2) is 16.3. The number of para-hydroxylation sites is 1. The summed E-state index contributed by atoms with van der Waals surface area (Å²) in [6.45, 7) is -1.86. The Hall–Kier alpha value is -5.26. The number of anilines is 1. The fourth-order valence-corrected chi connectivity index (χ4v) is 10.9. The van der Waals surface area contributed by atoms with Crippen LogP contribution in [0.1, 0.15) is 6.92 Å². The molecule has 4 heterocycles. The summed E-state index contributed by atoms with van der Waals surface area (Å²) in [5.41, 5.74) is -1.25. The number of amides is 2. The van der Waals surface area contributed by atoms with Crippen molar-refractivity contribution < 1.29 is 55.3 Å². The SMILES string of the molecule is CC(C=C1Sc2ccccc2N1CC(=O)NCS(=O)(=O)O)=c1s/c(=c2/s/c(=C3/SC(C#N)(C#N)N(CCS(=O)(=O)O)C3=O)n(CC(=O)O)c2=O)n(CC(=O)O)c1=O. The number of carboxylic acids is 2. The Bertz CT molecular complexity index is 2940. The molecule has 5 rings (SSSR count). The van der Waals surface area contributed by atoms with Crippen LogP contribution in [0, 0.1) is 31.9 Å². The zero-order valence-corrected chi connectivity index (χ0v) is 33.5. The van der Waals surface area contributed by atoms with Gasteiger partial charge >= 0.3 is 11.9 Å². The quantitative estimate of drug-likeness (QED) is 0.129. The maximum atomic E-state index is 14.0. The van der Waals surface area contributed by atoms with E-state index in [2.05, 4.69) is 5.32 Å². The summed E-state index contributed by atoms with van der Waals surface area (Å²) in [6, 6.07) is 10.0. The first-order valence-corrected chi connectivity index (χ1v) is 22.0. The molecule has 2 aliphatic rings. The van der Waals surface area contributed by atoms with E-state index in [1.54, 1.807) is 36.4 Å². The van der Waals surface area contributed by atoms with E-state index in [1.807, 2.05) is 0 Å². The molecule has 0 saturated carbocycles. The topological polar surface area (TPSA) is 328 Å². The smallest absolute Gasteiger partial charge is 0.323 e. The fraction of sp³-hybridized carbons (Fsp3) is 0.267. The van der Waals surface area contributed by atoms with Gasteiger partial charge in [0.1, 0.15) is 56.4 Å². The summed E-state index contributed by atoms with van der Waals surface area (Å²) < 4.78 is 63.8. The number of aromatic nitrogens is 2. The lowest BCUT2D eigenvalue weighted by atomic mass is 10.2. The number of carbonyl (C=O) groups excluding carboxylic acids is 2. The highest BCUT2D eigenvalue weighted by atomic mass is 32.2. The first-order valence-electron chi connectivity index (χ1n) is 15.5. The number of rotatable bonds is 12. The van der Waals surface area contributed by atoms with Gasteiger partial charge in [0.2, 0.25) is 5.91 Å². The normalized spacial score (nSPS) is 17.9. The Kier molecular flexibility index (Phi) is 12.3. The van der Waals surface area contributed by atoms with Crippen LogP contribution in [-0.2, 0) is 52.5 Å². The largest absolute Gasteiger partial charge is 0.480 e. The van der Waals surface area contributed by atoms with Crippen LogP contribution in [0.3, 0.4) is 0 Å². The molecule has 21 nitrogen and oxygen atoms in total. The van der Waals surface area contributed by atoms with Gasteiger partial charge in [-0.05, 0) is 30.7 Å². The number of nitriles is 2. The molecule has 57 heavy (non-hydrogen) atoms. The van der Waals surface area contributed by atoms with E-state index < -0.39 is 112 Å². The Morgan fingerprint density at radius 2 is 1.51 bits per heavy atom. The van der Waals surface area contributed by atoms with Crippen molar-refractivity contribution in [2.24, 2.45) is 0 Å². The first-order chi connectivity index (χ1) is 26.6. The summed E-state index contributed by atoms with van der Waals surface area (Å²) in [5.74, 6) is -7.16. The minimum absolute atomic E-state index is 0.103. The van der Waals surface area contributed by atoms with Crippen LogP contribution in [0.15, 0.2) is 49.9 Å². The van der Waals surface area contributed by atoms with Crippen LogP contribution in [0.25, 0.3) is 10.5 Å². The van der Waals surface area contributed by atoms with Gasteiger partial charge in [-0.1, -0.05) is 35.7 Å². The molecular formula is C30H25N7O14S6. The molecule has 5 N–H and O–H groups in total. The van der Waals surface area contributed by atoms with E-state index in [0.717, 1.165) is 4.57 Å². The maximum Gasteiger partial charge on any atom is 0.323 e. The number of carbonyl (C=O) groups is 4. The number of allylic oxidation sites excluding steroid dienone is 1. The molecular weight excluding hydrogens is 875 g/mol. The molecule has 0 spiro atoms. The summed E-state index contributed by atoms with van der Waals surface area (Å²) in [6.07, 6.45) is 1.49. The van der Waals surface area contributed by atoms with Gasteiger partial charge in [0.05, 0.1) is 21.0 Å². The van der Waals surface area contributed by atoms with Crippen LogP contribution >= 0.6 is 46.2 Å². The number of nitrogens with one attached hydrogen (secondary N) is 1. The highest BCUT2D eigenvalue weighted by molar-refractivity contribution is 8.11. The third kappa shape index (κ3) is 9.16. The van der Waals surface area contributed by atoms with Gasteiger partial charge in [0.15, 0.2) is 0 Å².